The minimum Gasteiger partial charge on any atom is -0.444 e. The molecule has 3 amide bonds. The van der Waals surface area contributed by atoms with Gasteiger partial charge in [0.05, 0.1) is 6.07 Å². The normalized spacial score (nSPS) is 18.2. The van der Waals surface area contributed by atoms with Crippen LogP contribution < -0.4 is 10.6 Å². The maximum atomic E-state index is 12.7. The lowest BCUT2D eigenvalue weighted by atomic mass is 10.0. The molecule has 8 heteroatoms. The molecular weight excluding hydrogens is 336 g/mol. The highest BCUT2D eigenvalue weighted by atomic mass is 16.6. The van der Waals surface area contributed by atoms with Gasteiger partial charge in [0.1, 0.15) is 24.2 Å². The number of hydrogen-bond donors (Lipinski definition) is 2. The van der Waals surface area contributed by atoms with Gasteiger partial charge >= 0.3 is 6.09 Å². The quantitative estimate of drug-likeness (QED) is 0.693. The SMILES string of the molecule is CC(C)C[C@H](NC(=O)[C@@H]1CCCN1C(=O)OC(C)(C)C)C(=O)NCC#N. The van der Waals surface area contributed by atoms with Crippen molar-refractivity contribution >= 4 is 17.9 Å². The molecule has 0 bridgehead atoms. The summed E-state index contributed by atoms with van der Waals surface area (Å²) in [6.07, 6.45) is 1.15. The van der Waals surface area contributed by atoms with E-state index in [2.05, 4.69) is 10.6 Å². The molecule has 1 heterocycles. The molecule has 0 aromatic carbocycles. The summed E-state index contributed by atoms with van der Waals surface area (Å²) in [6, 6.07) is 0.456. The van der Waals surface area contributed by atoms with E-state index in [-0.39, 0.29) is 18.4 Å². The molecule has 1 fully saturated rings. The Hall–Kier alpha value is -2.30. The molecule has 0 radical (unpaired) electrons. The second-order valence-corrected chi connectivity index (χ2v) is 7.90. The number of carbonyl (C=O) groups excluding carboxylic acids is 3. The Morgan fingerprint density at radius 1 is 1.31 bits per heavy atom. The van der Waals surface area contributed by atoms with Gasteiger partial charge in [0.15, 0.2) is 0 Å². The first-order valence-electron chi connectivity index (χ1n) is 8.99. The summed E-state index contributed by atoms with van der Waals surface area (Å²) in [5.41, 5.74) is -0.641. The Morgan fingerprint density at radius 2 is 1.96 bits per heavy atom. The van der Waals surface area contributed by atoms with Crippen molar-refractivity contribution in [2.24, 2.45) is 5.92 Å². The second-order valence-electron chi connectivity index (χ2n) is 7.90. The van der Waals surface area contributed by atoms with Crippen LogP contribution in [0, 0.1) is 17.2 Å². The number of likely N-dealkylation sites (tertiary alicyclic amines) is 1. The number of carbonyl (C=O) groups is 3. The lowest BCUT2D eigenvalue weighted by molar-refractivity contribution is -0.131. The predicted octanol–water partition coefficient (Wildman–Crippen LogP) is 1.56. The largest absolute Gasteiger partial charge is 0.444 e. The van der Waals surface area contributed by atoms with Crippen molar-refractivity contribution in [2.75, 3.05) is 13.1 Å². The Bertz CT molecular complexity index is 563. The fourth-order valence-corrected chi connectivity index (χ4v) is 2.80. The number of nitrogens with one attached hydrogen (secondary N) is 2. The van der Waals surface area contributed by atoms with E-state index in [4.69, 9.17) is 10.00 Å². The molecule has 1 aliphatic heterocycles. The fraction of sp³-hybridized carbons (Fsp3) is 0.778. The van der Waals surface area contributed by atoms with Crippen LogP contribution in [0.25, 0.3) is 0 Å². The van der Waals surface area contributed by atoms with Crippen molar-refractivity contribution in [1.29, 1.82) is 5.26 Å². The summed E-state index contributed by atoms with van der Waals surface area (Å²) in [4.78, 5) is 38.6. The van der Waals surface area contributed by atoms with Crippen molar-refractivity contribution in [2.45, 2.75) is 71.6 Å². The van der Waals surface area contributed by atoms with Crippen LogP contribution in [0.15, 0.2) is 0 Å². The van der Waals surface area contributed by atoms with E-state index >= 15 is 0 Å². The number of amides is 3. The maximum Gasteiger partial charge on any atom is 0.410 e. The van der Waals surface area contributed by atoms with Gasteiger partial charge in [0.25, 0.3) is 0 Å². The summed E-state index contributed by atoms with van der Waals surface area (Å²) >= 11 is 0. The zero-order chi connectivity index (χ0) is 19.9. The highest BCUT2D eigenvalue weighted by Gasteiger charge is 2.38. The molecule has 0 saturated carbocycles. The molecule has 0 aromatic rings. The van der Waals surface area contributed by atoms with E-state index in [0.717, 1.165) is 0 Å². The van der Waals surface area contributed by atoms with E-state index < -0.39 is 29.7 Å². The smallest absolute Gasteiger partial charge is 0.410 e. The average Bonchev–Trinajstić information content (AvgIpc) is 2.99. The molecule has 0 unspecified atom stereocenters. The lowest BCUT2D eigenvalue weighted by Gasteiger charge is -2.29. The summed E-state index contributed by atoms with van der Waals surface area (Å²) in [5.74, 6) is -0.583. The summed E-state index contributed by atoms with van der Waals surface area (Å²) in [7, 11) is 0. The Labute approximate surface area is 155 Å². The Morgan fingerprint density at radius 3 is 2.50 bits per heavy atom. The first-order chi connectivity index (χ1) is 12.0. The first kappa shape index (κ1) is 21.7. The van der Waals surface area contributed by atoms with Gasteiger partial charge in [0, 0.05) is 6.54 Å². The highest BCUT2D eigenvalue weighted by molar-refractivity contribution is 5.91. The number of rotatable bonds is 6. The fourth-order valence-electron chi connectivity index (χ4n) is 2.80. The zero-order valence-electron chi connectivity index (χ0n) is 16.3. The Kier molecular flexibility index (Phi) is 7.87. The summed E-state index contributed by atoms with van der Waals surface area (Å²) < 4.78 is 5.36. The Balaban J connectivity index is 2.78. The molecule has 0 aromatic heterocycles. The van der Waals surface area contributed by atoms with E-state index in [1.165, 1.54) is 4.90 Å². The van der Waals surface area contributed by atoms with Crippen LogP contribution in [0.4, 0.5) is 4.79 Å². The molecular formula is C18H30N4O4. The third-order valence-corrected chi connectivity index (χ3v) is 3.87. The van der Waals surface area contributed by atoms with E-state index in [1.807, 2.05) is 19.9 Å². The number of nitrogens with zero attached hydrogens (tertiary/aromatic N) is 2. The van der Waals surface area contributed by atoms with Gasteiger partial charge < -0.3 is 15.4 Å². The molecule has 0 aliphatic carbocycles. The van der Waals surface area contributed by atoms with E-state index in [1.54, 1.807) is 20.8 Å². The van der Waals surface area contributed by atoms with Gasteiger partial charge in [-0.15, -0.1) is 0 Å². The van der Waals surface area contributed by atoms with Gasteiger partial charge in [-0.2, -0.15) is 5.26 Å². The minimum atomic E-state index is -0.739. The van der Waals surface area contributed by atoms with Crippen LogP contribution in [0.1, 0.15) is 53.9 Å². The van der Waals surface area contributed by atoms with Crippen LogP contribution in [-0.4, -0.2) is 53.6 Å². The monoisotopic (exact) mass is 366 g/mol. The summed E-state index contributed by atoms with van der Waals surface area (Å²) in [5, 5.41) is 13.8. The second kappa shape index (κ2) is 9.41. The standard InChI is InChI=1S/C18H30N4O4/c1-12(2)11-13(15(23)20-9-8-19)21-16(24)14-7-6-10-22(14)17(25)26-18(3,4)5/h12-14H,6-7,9-11H2,1-5H3,(H,20,23)(H,21,24)/t13-,14-/m0/s1. The van der Waals surface area contributed by atoms with Crippen molar-refractivity contribution < 1.29 is 19.1 Å². The number of hydrogen-bond acceptors (Lipinski definition) is 5. The van der Waals surface area contributed by atoms with Gasteiger partial charge in [-0.1, -0.05) is 13.8 Å². The van der Waals surface area contributed by atoms with Crippen LogP contribution >= 0.6 is 0 Å². The van der Waals surface area contributed by atoms with Crippen molar-refractivity contribution in [3.63, 3.8) is 0 Å². The average molecular weight is 366 g/mol. The first-order valence-corrected chi connectivity index (χ1v) is 8.99. The molecule has 0 spiro atoms. The number of ether oxygens (including phenoxy) is 1. The van der Waals surface area contributed by atoms with Crippen LogP contribution in [0.5, 0.6) is 0 Å². The molecule has 1 saturated heterocycles. The molecule has 1 aliphatic rings. The highest BCUT2D eigenvalue weighted by Crippen LogP contribution is 2.21. The van der Waals surface area contributed by atoms with Gasteiger partial charge in [-0.25, -0.2) is 4.79 Å². The lowest BCUT2D eigenvalue weighted by Crippen LogP contribution is -2.54. The van der Waals surface area contributed by atoms with Crippen LogP contribution in [-0.2, 0) is 14.3 Å². The zero-order valence-corrected chi connectivity index (χ0v) is 16.3. The third kappa shape index (κ3) is 6.90. The van der Waals surface area contributed by atoms with Gasteiger partial charge in [-0.3, -0.25) is 14.5 Å². The minimum absolute atomic E-state index is 0.114. The van der Waals surface area contributed by atoms with E-state index in [0.29, 0.717) is 25.8 Å². The molecule has 2 N–H and O–H groups in total. The van der Waals surface area contributed by atoms with Crippen molar-refractivity contribution in [3.05, 3.63) is 0 Å². The van der Waals surface area contributed by atoms with Crippen LogP contribution in [0.2, 0.25) is 0 Å². The van der Waals surface area contributed by atoms with Crippen molar-refractivity contribution in [3.8, 4) is 6.07 Å². The topological polar surface area (TPSA) is 112 Å². The van der Waals surface area contributed by atoms with Crippen molar-refractivity contribution in [1.82, 2.24) is 15.5 Å². The summed E-state index contributed by atoms with van der Waals surface area (Å²) in [6.45, 7) is 9.54. The maximum absolute atomic E-state index is 12.7. The molecule has 146 valence electrons. The number of nitriles is 1. The predicted molar refractivity (Wildman–Crippen MR) is 96.0 cm³/mol. The van der Waals surface area contributed by atoms with Crippen LogP contribution in [0.3, 0.4) is 0 Å². The molecule has 26 heavy (non-hydrogen) atoms. The molecule has 2 atom stereocenters. The van der Waals surface area contributed by atoms with Gasteiger partial charge in [-0.05, 0) is 46.0 Å². The van der Waals surface area contributed by atoms with Gasteiger partial charge in [0.2, 0.25) is 11.8 Å². The molecule has 1 rings (SSSR count). The molecule has 8 nitrogen and oxygen atoms in total. The van der Waals surface area contributed by atoms with E-state index in [9.17, 15) is 14.4 Å². The third-order valence-electron chi connectivity index (χ3n) is 3.87.